The SMILES string of the molecule is COCCN(C)S(=O)(=O)c1c(Cl)cc(Br)cc1Cl. The van der Waals surface area contributed by atoms with Crippen LogP contribution in [0.15, 0.2) is 21.5 Å². The van der Waals surface area contributed by atoms with Crippen molar-refractivity contribution in [3.63, 3.8) is 0 Å². The Morgan fingerprint density at radius 2 is 1.83 bits per heavy atom. The standard InChI is InChI=1S/C10H12BrCl2NO3S/c1-14(3-4-17-2)18(15,16)10-8(12)5-7(11)6-9(10)13/h5-6H,3-4H2,1-2H3. The van der Waals surface area contributed by atoms with Crippen molar-refractivity contribution in [2.24, 2.45) is 0 Å². The highest BCUT2D eigenvalue weighted by Gasteiger charge is 2.26. The predicted molar refractivity (Wildman–Crippen MR) is 75.9 cm³/mol. The van der Waals surface area contributed by atoms with Gasteiger partial charge in [0, 0.05) is 25.2 Å². The fraction of sp³-hybridized carbons (Fsp3) is 0.400. The van der Waals surface area contributed by atoms with Gasteiger partial charge in [-0.25, -0.2) is 8.42 Å². The van der Waals surface area contributed by atoms with Crippen molar-refractivity contribution >= 4 is 49.2 Å². The molecule has 0 unspecified atom stereocenters. The Bertz CT molecular complexity index is 513. The van der Waals surface area contributed by atoms with Gasteiger partial charge in [0.25, 0.3) is 0 Å². The molecule has 0 aliphatic rings. The molecule has 0 saturated heterocycles. The van der Waals surface area contributed by atoms with Crippen molar-refractivity contribution in [1.82, 2.24) is 4.31 Å². The lowest BCUT2D eigenvalue weighted by molar-refractivity contribution is 0.185. The molecule has 102 valence electrons. The van der Waals surface area contributed by atoms with E-state index in [9.17, 15) is 8.42 Å². The Hall–Kier alpha value is 0.150. The third-order valence-electron chi connectivity index (χ3n) is 2.24. The van der Waals surface area contributed by atoms with Gasteiger partial charge in [-0.05, 0) is 12.1 Å². The minimum Gasteiger partial charge on any atom is -0.383 e. The van der Waals surface area contributed by atoms with E-state index in [1.54, 1.807) is 0 Å². The van der Waals surface area contributed by atoms with Crippen molar-refractivity contribution in [3.05, 3.63) is 26.7 Å². The number of rotatable bonds is 5. The number of sulfonamides is 1. The molecule has 1 aromatic rings. The summed E-state index contributed by atoms with van der Waals surface area (Å²) in [6, 6.07) is 2.98. The first kappa shape index (κ1) is 16.2. The minimum atomic E-state index is -3.72. The Kier molecular flexibility index (Phi) is 5.89. The summed E-state index contributed by atoms with van der Waals surface area (Å²) in [5.41, 5.74) is 0. The number of likely N-dealkylation sites (N-methyl/N-ethyl adjacent to an activating group) is 1. The first-order valence-corrected chi connectivity index (χ1v) is 7.89. The quantitative estimate of drug-likeness (QED) is 0.793. The van der Waals surface area contributed by atoms with E-state index in [0.29, 0.717) is 11.1 Å². The van der Waals surface area contributed by atoms with Gasteiger partial charge >= 0.3 is 0 Å². The maximum atomic E-state index is 12.3. The number of halogens is 3. The largest absolute Gasteiger partial charge is 0.383 e. The second-order valence-corrected chi connectivity index (χ2v) is 7.23. The molecule has 0 radical (unpaired) electrons. The van der Waals surface area contributed by atoms with E-state index in [0.717, 1.165) is 4.31 Å². The van der Waals surface area contributed by atoms with Crippen LogP contribution in [-0.4, -0.2) is 40.0 Å². The number of benzene rings is 1. The molecular formula is C10H12BrCl2NO3S. The molecular weight excluding hydrogens is 365 g/mol. The average molecular weight is 377 g/mol. The maximum absolute atomic E-state index is 12.3. The summed E-state index contributed by atoms with van der Waals surface area (Å²) in [5.74, 6) is 0. The first-order valence-electron chi connectivity index (χ1n) is 4.90. The van der Waals surface area contributed by atoms with Crippen LogP contribution in [0.1, 0.15) is 0 Å². The number of nitrogens with zero attached hydrogens (tertiary/aromatic N) is 1. The van der Waals surface area contributed by atoms with Gasteiger partial charge < -0.3 is 4.74 Å². The van der Waals surface area contributed by atoms with Crippen LogP contribution >= 0.6 is 39.1 Å². The Morgan fingerprint density at radius 3 is 2.28 bits per heavy atom. The summed E-state index contributed by atoms with van der Waals surface area (Å²) >= 11 is 15.1. The Labute approximate surface area is 125 Å². The Balaban J connectivity index is 3.20. The number of ether oxygens (including phenoxy) is 1. The van der Waals surface area contributed by atoms with Gasteiger partial charge in [-0.1, -0.05) is 39.1 Å². The molecule has 18 heavy (non-hydrogen) atoms. The lowest BCUT2D eigenvalue weighted by atomic mass is 10.4. The van der Waals surface area contributed by atoms with Gasteiger partial charge in [-0.3, -0.25) is 0 Å². The van der Waals surface area contributed by atoms with Crippen LogP contribution in [0.3, 0.4) is 0 Å². The normalized spacial score (nSPS) is 12.1. The minimum absolute atomic E-state index is 0.0821. The zero-order chi connectivity index (χ0) is 13.9. The summed E-state index contributed by atoms with van der Waals surface area (Å²) in [5, 5.41) is 0.164. The third-order valence-corrected chi connectivity index (χ3v) is 5.48. The van der Waals surface area contributed by atoms with Crippen molar-refractivity contribution in [2.45, 2.75) is 4.90 Å². The van der Waals surface area contributed by atoms with Gasteiger partial charge in [0.05, 0.1) is 16.7 Å². The molecule has 0 amide bonds. The van der Waals surface area contributed by atoms with Crippen molar-refractivity contribution in [1.29, 1.82) is 0 Å². The molecule has 0 atom stereocenters. The maximum Gasteiger partial charge on any atom is 0.245 e. The topological polar surface area (TPSA) is 46.6 Å². The number of hydrogen-bond acceptors (Lipinski definition) is 3. The molecule has 0 heterocycles. The third kappa shape index (κ3) is 3.59. The second-order valence-electron chi connectivity index (χ2n) is 3.52. The molecule has 1 aromatic carbocycles. The van der Waals surface area contributed by atoms with E-state index < -0.39 is 10.0 Å². The van der Waals surface area contributed by atoms with E-state index in [2.05, 4.69) is 15.9 Å². The molecule has 0 spiro atoms. The molecule has 1 rings (SSSR count). The summed E-state index contributed by atoms with van der Waals surface area (Å²) in [6.07, 6.45) is 0. The molecule has 0 aromatic heterocycles. The first-order chi connectivity index (χ1) is 8.30. The van der Waals surface area contributed by atoms with Gasteiger partial charge in [-0.15, -0.1) is 0 Å². The summed E-state index contributed by atoms with van der Waals surface area (Å²) in [4.78, 5) is -0.0902. The smallest absolute Gasteiger partial charge is 0.245 e. The molecule has 0 fully saturated rings. The molecule has 0 saturated carbocycles. The van der Waals surface area contributed by atoms with E-state index in [4.69, 9.17) is 27.9 Å². The van der Waals surface area contributed by atoms with Crippen LogP contribution in [0.2, 0.25) is 10.0 Å². The van der Waals surface area contributed by atoms with Crippen molar-refractivity contribution in [3.8, 4) is 0 Å². The fourth-order valence-electron chi connectivity index (χ4n) is 1.27. The number of methoxy groups -OCH3 is 1. The number of hydrogen-bond donors (Lipinski definition) is 0. The Morgan fingerprint density at radius 1 is 1.33 bits per heavy atom. The molecule has 0 N–H and O–H groups in total. The molecule has 0 aliphatic carbocycles. The summed E-state index contributed by atoms with van der Waals surface area (Å²) in [6.45, 7) is 0.517. The highest BCUT2D eigenvalue weighted by molar-refractivity contribution is 9.10. The fourth-order valence-corrected chi connectivity index (χ4v) is 4.30. The van der Waals surface area contributed by atoms with E-state index in [1.807, 2.05) is 0 Å². The van der Waals surface area contributed by atoms with Crippen LogP contribution in [0.5, 0.6) is 0 Å². The monoisotopic (exact) mass is 375 g/mol. The van der Waals surface area contributed by atoms with Gasteiger partial charge in [0.15, 0.2) is 0 Å². The van der Waals surface area contributed by atoms with Crippen molar-refractivity contribution in [2.75, 3.05) is 27.3 Å². The highest BCUT2D eigenvalue weighted by Crippen LogP contribution is 2.34. The van der Waals surface area contributed by atoms with Crippen LogP contribution in [-0.2, 0) is 14.8 Å². The molecule has 0 bridgehead atoms. The summed E-state index contributed by atoms with van der Waals surface area (Å²) < 4.78 is 31.2. The average Bonchev–Trinajstić information content (AvgIpc) is 2.23. The molecule has 0 aliphatic heterocycles. The molecule has 4 nitrogen and oxygen atoms in total. The van der Waals surface area contributed by atoms with E-state index >= 15 is 0 Å². The summed E-state index contributed by atoms with van der Waals surface area (Å²) in [7, 11) is -0.773. The molecule has 8 heteroatoms. The highest BCUT2D eigenvalue weighted by atomic mass is 79.9. The van der Waals surface area contributed by atoms with E-state index in [1.165, 1.54) is 26.3 Å². The van der Waals surface area contributed by atoms with Gasteiger partial charge in [0.2, 0.25) is 10.0 Å². The second kappa shape index (κ2) is 6.54. The van der Waals surface area contributed by atoms with Crippen molar-refractivity contribution < 1.29 is 13.2 Å². The zero-order valence-electron chi connectivity index (χ0n) is 9.78. The van der Waals surface area contributed by atoms with Crippen LogP contribution in [0.4, 0.5) is 0 Å². The zero-order valence-corrected chi connectivity index (χ0v) is 13.7. The van der Waals surface area contributed by atoms with Crippen LogP contribution in [0, 0.1) is 0 Å². The van der Waals surface area contributed by atoms with Crippen LogP contribution < -0.4 is 0 Å². The van der Waals surface area contributed by atoms with Crippen LogP contribution in [0.25, 0.3) is 0 Å². The predicted octanol–water partition coefficient (Wildman–Crippen LogP) is 3.02. The van der Waals surface area contributed by atoms with Gasteiger partial charge in [0.1, 0.15) is 4.90 Å². The van der Waals surface area contributed by atoms with Gasteiger partial charge in [-0.2, -0.15) is 4.31 Å². The lowest BCUT2D eigenvalue weighted by Crippen LogP contribution is -2.30. The van der Waals surface area contributed by atoms with E-state index in [-0.39, 0.29) is 21.5 Å². The lowest BCUT2D eigenvalue weighted by Gasteiger charge is -2.18.